The molecule has 4 nitrogen and oxygen atoms in total. The van der Waals surface area contributed by atoms with Gasteiger partial charge in [0.1, 0.15) is 0 Å². The average Bonchev–Trinajstić information content (AvgIpc) is 2.70. The number of aromatic amines is 1. The van der Waals surface area contributed by atoms with Gasteiger partial charge in [0.2, 0.25) is 6.41 Å². The number of aromatic nitrogens is 2. The molecule has 1 aliphatic rings. The number of nitrogens with one attached hydrogen (secondary N) is 1. The van der Waals surface area contributed by atoms with E-state index < -0.39 is 0 Å². The Bertz CT molecular complexity index is 270. The summed E-state index contributed by atoms with van der Waals surface area (Å²) in [6, 6.07) is 0.241. The number of hydrogen-bond acceptors (Lipinski definition) is 2. The van der Waals surface area contributed by atoms with Gasteiger partial charge in [-0.3, -0.25) is 9.89 Å². The van der Waals surface area contributed by atoms with E-state index in [1.54, 1.807) is 6.20 Å². The van der Waals surface area contributed by atoms with Crippen molar-refractivity contribution >= 4 is 6.41 Å². The average molecular weight is 179 g/mol. The first-order valence-electron chi connectivity index (χ1n) is 4.61. The molecule has 2 rings (SSSR count). The molecular weight excluding hydrogens is 166 g/mol. The fourth-order valence-corrected chi connectivity index (χ4v) is 1.88. The van der Waals surface area contributed by atoms with Crippen LogP contribution in [0.1, 0.15) is 30.9 Å². The van der Waals surface area contributed by atoms with E-state index in [0.29, 0.717) is 0 Å². The van der Waals surface area contributed by atoms with E-state index in [2.05, 4.69) is 10.2 Å². The zero-order valence-corrected chi connectivity index (χ0v) is 7.44. The van der Waals surface area contributed by atoms with E-state index in [-0.39, 0.29) is 6.04 Å². The van der Waals surface area contributed by atoms with Gasteiger partial charge in [-0.2, -0.15) is 5.10 Å². The second-order valence-corrected chi connectivity index (χ2v) is 3.39. The van der Waals surface area contributed by atoms with Crippen LogP contribution in [0.5, 0.6) is 0 Å². The fourth-order valence-electron chi connectivity index (χ4n) is 1.88. The van der Waals surface area contributed by atoms with Crippen molar-refractivity contribution in [3.8, 4) is 0 Å². The lowest BCUT2D eigenvalue weighted by Gasteiger charge is -2.31. The van der Waals surface area contributed by atoms with Crippen LogP contribution >= 0.6 is 0 Å². The van der Waals surface area contributed by atoms with Crippen LogP contribution in [0.4, 0.5) is 0 Å². The van der Waals surface area contributed by atoms with Crippen molar-refractivity contribution < 1.29 is 4.79 Å². The second kappa shape index (κ2) is 3.60. The minimum Gasteiger partial charge on any atom is -0.338 e. The molecule has 2 heterocycles. The third kappa shape index (κ3) is 1.56. The molecule has 1 amide bonds. The molecule has 13 heavy (non-hydrogen) atoms. The van der Waals surface area contributed by atoms with E-state index in [4.69, 9.17) is 0 Å². The summed E-state index contributed by atoms with van der Waals surface area (Å²) in [6.07, 6.45) is 7.97. The van der Waals surface area contributed by atoms with Gasteiger partial charge in [0.15, 0.2) is 0 Å². The normalized spacial score (nSPS) is 23.1. The Balaban J connectivity index is 2.15. The van der Waals surface area contributed by atoms with Crippen molar-refractivity contribution in [1.82, 2.24) is 15.1 Å². The smallest absolute Gasteiger partial charge is 0.210 e. The molecule has 70 valence electrons. The number of carbonyl (C=O) groups is 1. The molecule has 0 aliphatic carbocycles. The fraction of sp³-hybridized carbons (Fsp3) is 0.556. The van der Waals surface area contributed by atoms with Crippen LogP contribution in [0.2, 0.25) is 0 Å². The third-order valence-corrected chi connectivity index (χ3v) is 2.58. The van der Waals surface area contributed by atoms with Gasteiger partial charge in [-0.25, -0.2) is 0 Å². The summed E-state index contributed by atoms with van der Waals surface area (Å²) >= 11 is 0. The largest absolute Gasteiger partial charge is 0.338 e. The molecule has 1 aromatic rings. The van der Waals surface area contributed by atoms with Gasteiger partial charge in [-0.05, 0) is 19.3 Å². The summed E-state index contributed by atoms with van der Waals surface area (Å²) in [5.41, 5.74) is 1.12. The molecule has 1 unspecified atom stereocenters. The van der Waals surface area contributed by atoms with Gasteiger partial charge in [-0.15, -0.1) is 0 Å². The number of piperidine rings is 1. The predicted molar refractivity (Wildman–Crippen MR) is 47.9 cm³/mol. The topological polar surface area (TPSA) is 49.0 Å². The summed E-state index contributed by atoms with van der Waals surface area (Å²) in [4.78, 5) is 12.6. The molecule has 1 aromatic heterocycles. The molecule has 1 N–H and O–H groups in total. The first kappa shape index (κ1) is 8.29. The maximum Gasteiger partial charge on any atom is 0.210 e. The monoisotopic (exact) mass is 179 g/mol. The van der Waals surface area contributed by atoms with Crippen molar-refractivity contribution in [3.05, 3.63) is 18.0 Å². The van der Waals surface area contributed by atoms with Gasteiger partial charge in [0.05, 0.1) is 12.2 Å². The van der Waals surface area contributed by atoms with Gasteiger partial charge < -0.3 is 4.90 Å². The van der Waals surface area contributed by atoms with Crippen molar-refractivity contribution in [2.24, 2.45) is 0 Å². The minimum absolute atomic E-state index is 0.241. The quantitative estimate of drug-likeness (QED) is 0.691. The summed E-state index contributed by atoms with van der Waals surface area (Å²) in [7, 11) is 0. The highest BCUT2D eigenvalue weighted by Crippen LogP contribution is 2.28. The lowest BCUT2D eigenvalue weighted by Crippen LogP contribution is -2.31. The number of likely N-dealkylation sites (tertiary alicyclic amines) is 1. The molecule has 0 bridgehead atoms. The molecule has 0 radical (unpaired) electrons. The Morgan fingerprint density at radius 3 is 3.23 bits per heavy atom. The summed E-state index contributed by atoms with van der Waals surface area (Å²) in [6.45, 7) is 0.874. The van der Waals surface area contributed by atoms with Crippen molar-refractivity contribution in [2.75, 3.05) is 6.54 Å². The van der Waals surface area contributed by atoms with E-state index >= 15 is 0 Å². The lowest BCUT2D eigenvalue weighted by molar-refractivity contribution is -0.121. The van der Waals surface area contributed by atoms with E-state index in [1.807, 2.05) is 11.1 Å². The zero-order chi connectivity index (χ0) is 9.10. The van der Waals surface area contributed by atoms with Crippen LogP contribution in [0, 0.1) is 0 Å². The molecular formula is C9H13N3O. The van der Waals surface area contributed by atoms with Gasteiger partial charge in [0, 0.05) is 18.3 Å². The SMILES string of the molecule is O=CN1CCCCC1c1cn[nH]c1. The van der Waals surface area contributed by atoms with Gasteiger partial charge in [-0.1, -0.05) is 0 Å². The molecule has 1 atom stereocenters. The van der Waals surface area contributed by atoms with Crippen molar-refractivity contribution in [2.45, 2.75) is 25.3 Å². The summed E-state index contributed by atoms with van der Waals surface area (Å²) < 4.78 is 0. The van der Waals surface area contributed by atoms with Crippen LogP contribution in [0.25, 0.3) is 0 Å². The number of rotatable bonds is 2. The van der Waals surface area contributed by atoms with E-state index in [1.165, 1.54) is 6.42 Å². The number of nitrogens with zero attached hydrogens (tertiary/aromatic N) is 2. The molecule has 0 spiro atoms. The van der Waals surface area contributed by atoms with Crippen LogP contribution < -0.4 is 0 Å². The number of amides is 1. The Morgan fingerprint density at radius 2 is 2.54 bits per heavy atom. The minimum atomic E-state index is 0.241. The molecule has 1 saturated heterocycles. The Labute approximate surface area is 76.9 Å². The summed E-state index contributed by atoms with van der Waals surface area (Å²) in [5.74, 6) is 0. The Kier molecular flexibility index (Phi) is 2.29. The Hall–Kier alpha value is -1.32. The standard InChI is InChI=1S/C9H13N3O/c13-7-12-4-2-1-3-9(12)8-5-10-11-6-8/h5-7,9H,1-4H2,(H,10,11). The second-order valence-electron chi connectivity index (χ2n) is 3.39. The highest BCUT2D eigenvalue weighted by atomic mass is 16.1. The molecule has 1 fully saturated rings. The Morgan fingerprint density at radius 1 is 1.62 bits per heavy atom. The maximum absolute atomic E-state index is 10.8. The number of carbonyl (C=O) groups excluding carboxylic acids is 1. The van der Waals surface area contributed by atoms with E-state index in [0.717, 1.165) is 31.4 Å². The zero-order valence-electron chi connectivity index (χ0n) is 7.44. The first-order chi connectivity index (χ1) is 6.42. The van der Waals surface area contributed by atoms with E-state index in [9.17, 15) is 4.79 Å². The number of H-pyrrole nitrogens is 1. The molecule has 4 heteroatoms. The van der Waals surface area contributed by atoms with Crippen molar-refractivity contribution in [1.29, 1.82) is 0 Å². The van der Waals surface area contributed by atoms with Crippen LogP contribution in [-0.2, 0) is 4.79 Å². The van der Waals surface area contributed by atoms with Gasteiger partial charge >= 0.3 is 0 Å². The molecule has 0 aromatic carbocycles. The van der Waals surface area contributed by atoms with Crippen LogP contribution in [-0.4, -0.2) is 28.1 Å². The van der Waals surface area contributed by atoms with Crippen molar-refractivity contribution in [3.63, 3.8) is 0 Å². The highest BCUT2D eigenvalue weighted by Gasteiger charge is 2.22. The molecule has 1 aliphatic heterocycles. The van der Waals surface area contributed by atoms with Gasteiger partial charge in [0.25, 0.3) is 0 Å². The molecule has 0 saturated carbocycles. The number of hydrogen-bond donors (Lipinski definition) is 1. The van der Waals surface area contributed by atoms with Crippen LogP contribution in [0.3, 0.4) is 0 Å². The van der Waals surface area contributed by atoms with Crippen LogP contribution in [0.15, 0.2) is 12.4 Å². The maximum atomic E-state index is 10.8. The predicted octanol–water partition coefficient (Wildman–Crippen LogP) is 1.09. The third-order valence-electron chi connectivity index (χ3n) is 2.58. The first-order valence-corrected chi connectivity index (χ1v) is 4.61. The highest BCUT2D eigenvalue weighted by molar-refractivity contribution is 5.48. The summed E-state index contributed by atoms with van der Waals surface area (Å²) in [5, 5.41) is 6.68. The lowest BCUT2D eigenvalue weighted by atomic mass is 9.98.